The van der Waals surface area contributed by atoms with Crippen molar-refractivity contribution in [1.82, 2.24) is 4.57 Å². The van der Waals surface area contributed by atoms with Crippen LogP contribution in [0, 0.1) is 0 Å². The number of unbranched alkanes of at least 4 members (excludes halogenated alkanes) is 14. The number of aryl methyl sites for hydroxylation is 1. The van der Waals surface area contributed by atoms with Gasteiger partial charge < -0.3 is 5.11 Å². The van der Waals surface area contributed by atoms with Gasteiger partial charge in [-0.15, -0.1) is 0 Å². The molecule has 1 heterocycles. The molecule has 0 aliphatic heterocycles. The molecular weight excluding hydrogens is 332 g/mol. The molecule has 0 fully saturated rings. The first-order valence-electron chi connectivity index (χ1n) is 12.0. The molecule has 0 amide bonds. The summed E-state index contributed by atoms with van der Waals surface area (Å²) in [5.74, 6) is 1.38. The zero-order valence-electron chi connectivity index (χ0n) is 18.4. The first-order valence-corrected chi connectivity index (χ1v) is 12.0. The molecule has 158 valence electrons. The molecule has 0 saturated heterocycles. The Morgan fingerprint density at radius 3 is 1.67 bits per heavy atom. The molecule has 0 spiro atoms. The highest BCUT2D eigenvalue weighted by molar-refractivity contribution is 4.83. The van der Waals surface area contributed by atoms with Gasteiger partial charge in [-0.2, -0.15) is 0 Å². The van der Waals surface area contributed by atoms with Crippen LogP contribution in [0.3, 0.4) is 0 Å². The van der Waals surface area contributed by atoms with Gasteiger partial charge in [-0.25, -0.2) is 9.13 Å². The molecule has 0 aliphatic rings. The minimum atomic E-state index is 0.226. The fourth-order valence-electron chi connectivity index (χ4n) is 4.04. The Hall–Kier alpha value is -0.830. The topological polar surface area (TPSA) is 29.0 Å². The van der Waals surface area contributed by atoms with Crippen LogP contribution in [-0.4, -0.2) is 16.3 Å². The fourth-order valence-corrected chi connectivity index (χ4v) is 4.04. The molecule has 1 aromatic heterocycles. The number of hydrogen-bond donors (Lipinski definition) is 1. The highest BCUT2D eigenvalue weighted by Crippen LogP contribution is 2.14. The summed E-state index contributed by atoms with van der Waals surface area (Å²) < 4.78 is 4.53. The maximum absolute atomic E-state index is 9.20. The van der Waals surface area contributed by atoms with Gasteiger partial charge in [0.2, 0.25) is 0 Å². The van der Waals surface area contributed by atoms with E-state index in [0.717, 1.165) is 19.5 Å². The quantitative estimate of drug-likeness (QED) is 0.225. The third kappa shape index (κ3) is 11.6. The van der Waals surface area contributed by atoms with Crippen LogP contribution < -0.4 is 4.57 Å². The van der Waals surface area contributed by atoms with E-state index in [9.17, 15) is 5.11 Å². The Kier molecular flexibility index (Phi) is 15.5. The molecule has 0 bridgehead atoms. The van der Waals surface area contributed by atoms with Gasteiger partial charge in [0.05, 0.1) is 13.2 Å². The predicted molar refractivity (Wildman–Crippen MR) is 116 cm³/mol. The molecule has 0 atom stereocenters. The number of rotatable bonds is 19. The van der Waals surface area contributed by atoms with Crippen molar-refractivity contribution in [2.24, 2.45) is 0 Å². The zero-order valence-corrected chi connectivity index (χ0v) is 18.4. The van der Waals surface area contributed by atoms with Crippen molar-refractivity contribution in [3.8, 4) is 0 Å². The van der Waals surface area contributed by atoms with Gasteiger partial charge in [-0.1, -0.05) is 96.8 Å². The summed E-state index contributed by atoms with van der Waals surface area (Å²) in [4.78, 5) is 0. The van der Waals surface area contributed by atoms with Crippen molar-refractivity contribution in [1.29, 1.82) is 0 Å². The second-order valence-electron chi connectivity index (χ2n) is 8.12. The van der Waals surface area contributed by atoms with Crippen LogP contribution in [0.2, 0.25) is 0 Å². The Morgan fingerprint density at radius 2 is 1.22 bits per heavy atom. The summed E-state index contributed by atoms with van der Waals surface area (Å²) in [6.07, 6.45) is 26.6. The van der Waals surface area contributed by atoms with E-state index in [1.54, 1.807) is 0 Å². The Balaban J connectivity index is 1.92. The standard InChI is InChI=1S/C24H47N2O/c1-3-5-6-7-8-9-10-11-12-13-14-15-16-17-18-19-24-25(4-2)20-21-26(24)22-23-27/h20-21,27H,3-19,22-23H2,1-2H3/q+1. The van der Waals surface area contributed by atoms with Crippen LogP contribution in [0.5, 0.6) is 0 Å². The summed E-state index contributed by atoms with van der Waals surface area (Å²) >= 11 is 0. The Labute approximate surface area is 169 Å². The lowest BCUT2D eigenvalue weighted by atomic mass is 10.0. The van der Waals surface area contributed by atoms with Gasteiger partial charge in [0.15, 0.2) is 0 Å². The fraction of sp³-hybridized carbons (Fsp3) is 0.875. The third-order valence-electron chi connectivity index (χ3n) is 5.78. The number of imidazole rings is 1. The van der Waals surface area contributed by atoms with Crippen molar-refractivity contribution < 1.29 is 9.67 Å². The first kappa shape index (κ1) is 24.2. The molecular formula is C24H47N2O+. The molecule has 27 heavy (non-hydrogen) atoms. The number of hydrogen-bond acceptors (Lipinski definition) is 1. The number of aromatic nitrogens is 2. The van der Waals surface area contributed by atoms with E-state index in [4.69, 9.17) is 0 Å². The van der Waals surface area contributed by atoms with Crippen molar-refractivity contribution in [3.63, 3.8) is 0 Å². The highest BCUT2D eigenvalue weighted by atomic mass is 16.3. The van der Waals surface area contributed by atoms with Gasteiger partial charge in [-0.3, -0.25) is 0 Å². The molecule has 0 aromatic carbocycles. The molecule has 0 saturated carbocycles. The summed E-state index contributed by atoms with van der Waals surface area (Å²) in [5.41, 5.74) is 0. The van der Waals surface area contributed by atoms with Gasteiger partial charge in [0, 0.05) is 6.42 Å². The summed E-state index contributed by atoms with van der Waals surface area (Å²) in [7, 11) is 0. The van der Waals surface area contributed by atoms with Crippen molar-refractivity contribution in [2.45, 2.75) is 130 Å². The van der Waals surface area contributed by atoms with Crippen LogP contribution in [-0.2, 0) is 19.5 Å². The third-order valence-corrected chi connectivity index (χ3v) is 5.78. The molecule has 1 rings (SSSR count). The van der Waals surface area contributed by atoms with E-state index in [0.29, 0.717) is 0 Å². The Morgan fingerprint density at radius 1 is 0.741 bits per heavy atom. The molecule has 0 unspecified atom stereocenters. The highest BCUT2D eigenvalue weighted by Gasteiger charge is 2.14. The van der Waals surface area contributed by atoms with E-state index in [-0.39, 0.29) is 6.61 Å². The predicted octanol–water partition coefficient (Wildman–Crippen LogP) is 6.20. The lowest BCUT2D eigenvalue weighted by Crippen LogP contribution is -2.38. The normalized spacial score (nSPS) is 11.4. The van der Waals surface area contributed by atoms with Gasteiger partial charge in [0.25, 0.3) is 5.82 Å². The second-order valence-corrected chi connectivity index (χ2v) is 8.12. The van der Waals surface area contributed by atoms with Crippen molar-refractivity contribution in [3.05, 3.63) is 18.2 Å². The monoisotopic (exact) mass is 379 g/mol. The van der Waals surface area contributed by atoms with Gasteiger partial charge in [0.1, 0.15) is 18.9 Å². The average molecular weight is 380 g/mol. The van der Waals surface area contributed by atoms with E-state index >= 15 is 0 Å². The van der Waals surface area contributed by atoms with Crippen molar-refractivity contribution >= 4 is 0 Å². The summed E-state index contributed by atoms with van der Waals surface area (Å²) in [6, 6.07) is 0. The van der Waals surface area contributed by atoms with Crippen LogP contribution >= 0.6 is 0 Å². The van der Waals surface area contributed by atoms with E-state index < -0.39 is 0 Å². The minimum Gasteiger partial charge on any atom is -0.392 e. The van der Waals surface area contributed by atoms with Crippen LogP contribution in [0.25, 0.3) is 0 Å². The first-order chi connectivity index (χ1) is 13.3. The van der Waals surface area contributed by atoms with Gasteiger partial charge >= 0.3 is 0 Å². The largest absolute Gasteiger partial charge is 0.392 e. The maximum Gasteiger partial charge on any atom is 0.256 e. The molecule has 3 nitrogen and oxygen atoms in total. The maximum atomic E-state index is 9.20. The van der Waals surface area contributed by atoms with E-state index in [1.807, 2.05) is 0 Å². The van der Waals surface area contributed by atoms with Crippen LogP contribution in [0.4, 0.5) is 0 Å². The Bertz CT molecular complexity index is 442. The van der Waals surface area contributed by atoms with E-state index in [2.05, 4.69) is 35.4 Å². The lowest BCUT2D eigenvalue weighted by Gasteiger charge is -2.04. The minimum absolute atomic E-state index is 0.226. The molecule has 1 N–H and O–H groups in total. The smallest absolute Gasteiger partial charge is 0.256 e. The number of aliphatic hydroxyl groups is 1. The van der Waals surface area contributed by atoms with Crippen LogP contribution in [0.15, 0.2) is 12.4 Å². The average Bonchev–Trinajstić information content (AvgIpc) is 3.07. The second kappa shape index (κ2) is 17.3. The SMILES string of the molecule is CCCCCCCCCCCCCCCCCc1n(CC)cc[n+]1CCO. The summed E-state index contributed by atoms with van der Waals surface area (Å²) in [6.45, 7) is 6.45. The van der Waals surface area contributed by atoms with Crippen molar-refractivity contribution in [2.75, 3.05) is 6.61 Å². The molecule has 1 aromatic rings. The van der Waals surface area contributed by atoms with Crippen LogP contribution in [0.1, 0.15) is 116 Å². The van der Waals surface area contributed by atoms with E-state index in [1.165, 1.54) is 102 Å². The number of aliphatic hydroxyl groups excluding tert-OH is 1. The lowest BCUT2D eigenvalue weighted by molar-refractivity contribution is -0.705. The molecule has 3 heteroatoms. The summed E-state index contributed by atoms with van der Waals surface area (Å²) in [5, 5.41) is 9.20. The zero-order chi connectivity index (χ0) is 19.6. The molecule has 0 radical (unpaired) electrons. The van der Waals surface area contributed by atoms with Gasteiger partial charge in [-0.05, 0) is 13.3 Å². The molecule has 0 aliphatic carbocycles. The number of nitrogens with zero attached hydrogens (tertiary/aromatic N) is 2.